The van der Waals surface area contributed by atoms with Crippen molar-refractivity contribution in [2.75, 3.05) is 5.32 Å². The molecule has 0 amide bonds. The average Bonchev–Trinajstić information content (AvgIpc) is 3.09. The van der Waals surface area contributed by atoms with Gasteiger partial charge in [0.15, 0.2) is 0 Å². The van der Waals surface area contributed by atoms with Gasteiger partial charge in [-0.3, -0.25) is 0 Å². The second-order valence-electron chi connectivity index (χ2n) is 5.48. The number of benzene rings is 1. The zero-order chi connectivity index (χ0) is 13.9. The zero-order valence-electron chi connectivity index (χ0n) is 11.7. The van der Waals surface area contributed by atoms with Crippen molar-refractivity contribution in [2.24, 2.45) is 0 Å². The topological polar surface area (TPSA) is 29.9 Å². The highest BCUT2D eigenvalue weighted by Gasteiger charge is 2.20. The van der Waals surface area contributed by atoms with Crippen LogP contribution in [0.1, 0.15) is 50.3 Å². The van der Waals surface area contributed by atoms with E-state index in [1.165, 1.54) is 25.7 Å². The van der Waals surface area contributed by atoms with Crippen LogP contribution in [-0.2, 0) is 0 Å². The standard InChI is InChI=1S/C16H20ClN3/c1-12(14-8-4-5-9-15(14)17)19-16-18-10-11-20(16)13-6-2-3-7-13/h4-5,8-13H,2-3,6-7H2,1H3,(H,18,19). The summed E-state index contributed by atoms with van der Waals surface area (Å²) in [5.74, 6) is 0.948. The van der Waals surface area contributed by atoms with Crippen LogP contribution in [0, 0.1) is 0 Å². The van der Waals surface area contributed by atoms with Crippen LogP contribution in [0.3, 0.4) is 0 Å². The minimum Gasteiger partial charge on any atom is -0.349 e. The first-order valence-electron chi connectivity index (χ1n) is 7.29. The highest BCUT2D eigenvalue weighted by Crippen LogP contribution is 2.33. The molecule has 1 aliphatic rings. The van der Waals surface area contributed by atoms with Crippen LogP contribution in [0.5, 0.6) is 0 Å². The summed E-state index contributed by atoms with van der Waals surface area (Å²) >= 11 is 6.26. The first kappa shape index (κ1) is 13.5. The Bertz CT molecular complexity index is 573. The van der Waals surface area contributed by atoms with Crippen molar-refractivity contribution in [3.63, 3.8) is 0 Å². The largest absolute Gasteiger partial charge is 0.349 e. The molecule has 3 rings (SSSR count). The molecule has 1 aromatic heterocycles. The van der Waals surface area contributed by atoms with Gasteiger partial charge in [-0.1, -0.05) is 42.6 Å². The van der Waals surface area contributed by atoms with Gasteiger partial charge in [-0.25, -0.2) is 4.98 Å². The highest BCUT2D eigenvalue weighted by molar-refractivity contribution is 6.31. The van der Waals surface area contributed by atoms with E-state index in [0.717, 1.165) is 16.5 Å². The maximum atomic E-state index is 6.26. The van der Waals surface area contributed by atoms with Gasteiger partial charge in [-0.15, -0.1) is 0 Å². The number of halogens is 1. The molecule has 1 aliphatic carbocycles. The number of imidazole rings is 1. The highest BCUT2D eigenvalue weighted by atomic mass is 35.5. The van der Waals surface area contributed by atoms with Crippen molar-refractivity contribution < 1.29 is 0 Å². The minimum absolute atomic E-state index is 0.145. The molecule has 1 atom stereocenters. The van der Waals surface area contributed by atoms with E-state index >= 15 is 0 Å². The zero-order valence-corrected chi connectivity index (χ0v) is 12.5. The molecule has 0 aliphatic heterocycles. The maximum absolute atomic E-state index is 6.26. The van der Waals surface area contributed by atoms with E-state index in [-0.39, 0.29) is 6.04 Å². The van der Waals surface area contributed by atoms with Gasteiger partial charge < -0.3 is 9.88 Å². The van der Waals surface area contributed by atoms with Gasteiger partial charge in [-0.2, -0.15) is 0 Å². The van der Waals surface area contributed by atoms with Crippen molar-refractivity contribution >= 4 is 17.5 Å². The Balaban J connectivity index is 1.78. The van der Waals surface area contributed by atoms with E-state index < -0.39 is 0 Å². The van der Waals surface area contributed by atoms with Crippen molar-refractivity contribution in [2.45, 2.75) is 44.7 Å². The van der Waals surface area contributed by atoms with Gasteiger partial charge in [0.05, 0.1) is 6.04 Å². The number of rotatable bonds is 4. The van der Waals surface area contributed by atoms with Gasteiger partial charge in [0.2, 0.25) is 5.95 Å². The molecule has 1 aromatic carbocycles. The number of anilines is 1. The molecule has 3 nitrogen and oxygen atoms in total. The summed E-state index contributed by atoms with van der Waals surface area (Å²) in [6.45, 7) is 2.12. The lowest BCUT2D eigenvalue weighted by Crippen LogP contribution is -2.14. The molecule has 4 heteroatoms. The van der Waals surface area contributed by atoms with Crippen LogP contribution in [-0.4, -0.2) is 9.55 Å². The fourth-order valence-corrected chi connectivity index (χ4v) is 3.30. The van der Waals surface area contributed by atoms with Crippen LogP contribution in [0.4, 0.5) is 5.95 Å². The van der Waals surface area contributed by atoms with E-state index in [1.807, 2.05) is 24.4 Å². The SMILES string of the molecule is CC(Nc1nccn1C1CCCC1)c1ccccc1Cl. The van der Waals surface area contributed by atoms with E-state index in [2.05, 4.69) is 34.1 Å². The van der Waals surface area contributed by atoms with Crippen molar-refractivity contribution in [1.29, 1.82) is 0 Å². The van der Waals surface area contributed by atoms with Gasteiger partial charge in [-0.05, 0) is 31.4 Å². The molecule has 1 N–H and O–H groups in total. The molecule has 1 heterocycles. The lowest BCUT2D eigenvalue weighted by Gasteiger charge is -2.20. The molecule has 1 unspecified atom stereocenters. The van der Waals surface area contributed by atoms with Crippen molar-refractivity contribution in [3.05, 3.63) is 47.2 Å². The molecule has 0 bridgehead atoms. The first-order valence-corrected chi connectivity index (χ1v) is 7.67. The van der Waals surface area contributed by atoms with Gasteiger partial charge >= 0.3 is 0 Å². The van der Waals surface area contributed by atoms with Crippen molar-refractivity contribution in [1.82, 2.24) is 9.55 Å². The maximum Gasteiger partial charge on any atom is 0.203 e. The monoisotopic (exact) mass is 289 g/mol. The fraction of sp³-hybridized carbons (Fsp3) is 0.438. The Morgan fingerprint density at radius 3 is 2.80 bits per heavy atom. The molecule has 1 fully saturated rings. The van der Waals surface area contributed by atoms with Gasteiger partial charge in [0.25, 0.3) is 0 Å². The summed E-state index contributed by atoms with van der Waals surface area (Å²) in [7, 11) is 0. The molecule has 106 valence electrons. The summed E-state index contributed by atoms with van der Waals surface area (Å²) < 4.78 is 2.28. The predicted octanol–water partition coefficient (Wildman–Crippen LogP) is 4.82. The van der Waals surface area contributed by atoms with E-state index in [9.17, 15) is 0 Å². The Labute approximate surface area is 125 Å². The number of nitrogens with one attached hydrogen (secondary N) is 1. The predicted molar refractivity (Wildman–Crippen MR) is 83.2 cm³/mol. The number of nitrogens with zero attached hydrogens (tertiary/aromatic N) is 2. The summed E-state index contributed by atoms with van der Waals surface area (Å²) in [6.07, 6.45) is 9.11. The van der Waals surface area contributed by atoms with Crippen LogP contribution in [0.25, 0.3) is 0 Å². The number of hydrogen-bond acceptors (Lipinski definition) is 2. The molecule has 20 heavy (non-hydrogen) atoms. The third kappa shape index (κ3) is 2.68. The summed E-state index contributed by atoms with van der Waals surface area (Å²) in [6, 6.07) is 8.70. The smallest absolute Gasteiger partial charge is 0.203 e. The van der Waals surface area contributed by atoms with Crippen LogP contribution < -0.4 is 5.32 Å². The van der Waals surface area contributed by atoms with E-state index in [0.29, 0.717) is 6.04 Å². The molecular weight excluding hydrogens is 270 g/mol. The molecule has 1 saturated carbocycles. The quantitative estimate of drug-likeness (QED) is 0.874. The normalized spacial score (nSPS) is 17.3. The Morgan fingerprint density at radius 2 is 2.05 bits per heavy atom. The molecule has 0 saturated heterocycles. The van der Waals surface area contributed by atoms with Crippen LogP contribution >= 0.6 is 11.6 Å². The van der Waals surface area contributed by atoms with Crippen molar-refractivity contribution in [3.8, 4) is 0 Å². The first-order chi connectivity index (χ1) is 9.75. The van der Waals surface area contributed by atoms with E-state index in [4.69, 9.17) is 11.6 Å². The average molecular weight is 290 g/mol. The summed E-state index contributed by atoms with van der Waals surface area (Å²) in [5.41, 5.74) is 1.11. The summed E-state index contributed by atoms with van der Waals surface area (Å²) in [4.78, 5) is 4.46. The second-order valence-corrected chi connectivity index (χ2v) is 5.89. The number of aromatic nitrogens is 2. The Morgan fingerprint density at radius 1 is 1.30 bits per heavy atom. The molecular formula is C16H20ClN3. The van der Waals surface area contributed by atoms with E-state index in [1.54, 1.807) is 0 Å². The Kier molecular flexibility index (Phi) is 3.97. The Hall–Kier alpha value is -1.48. The fourth-order valence-electron chi connectivity index (χ4n) is 3.00. The van der Waals surface area contributed by atoms with Gasteiger partial charge in [0, 0.05) is 23.5 Å². The number of hydrogen-bond donors (Lipinski definition) is 1. The lowest BCUT2D eigenvalue weighted by molar-refractivity contribution is 0.521. The second kappa shape index (κ2) is 5.88. The van der Waals surface area contributed by atoms with Crippen LogP contribution in [0.2, 0.25) is 5.02 Å². The van der Waals surface area contributed by atoms with Crippen LogP contribution in [0.15, 0.2) is 36.7 Å². The minimum atomic E-state index is 0.145. The lowest BCUT2D eigenvalue weighted by atomic mass is 10.1. The molecule has 0 radical (unpaired) electrons. The molecule has 2 aromatic rings. The third-order valence-electron chi connectivity index (χ3n) is 4.10. The molecule has 0 spiro atoms. The third-order valence-corrected chi connectivity index (χ3v) is 4.45. The summed E-state index contributed by atoms with van der Waals surface area (Å²) in [5, 5.41) is 4.29. The van der Waals surface area contributed by atoms with Gasteiger partial charge in [0.1, 0.15) is 0 Å².